The van der Waals surface area contributed by atoms with E-state index >= 15 is 0 Å². The minimum atomic E-state index is 0.0297. The Hall–Kier alpha value is -2.63. The molecule has 0 aliphatic carbocycles. The van der Waals surface area contributed by atoms with Crippen molar-refractivity contribution in [3.63, 3.8) is 0 Å². The summed E-state index contributed by atoms with van der Waals surface area (Å²) < 4.78 is 5.54. The molecule has 4 rings (SSSR count). The van der Waals surface area contributed by atoms with E-state index in [0.29, 0.717) is 12.1 Å². The lowest BCUT2D eigenvalue weighted by molar-refractivity contribution is -0.0128. The minimum Gasteiger partial charge on any atom is -0.497 e. The van der Waals surface area contributed by atoms with Crippen LogP contribution in [0.4, 0.5) is 0 Å². The van der Waals surface area contributed by atoms with Crippen LogP contribution in [0.3, 0.4) is 0 Å². The smallest absolute Gasteiger partial charge is 0.253 e. The second-order valence-corrected chi connectivity index (χ2v) is 9.18. The fourth-order valence-corrected chi connectivity index (χ4v) is 5.38. The number of benzene rings is 2. The summed E-state index contributed by atoms with van der Waals surface area (Å²) in [5.74, 6) is 0.902. The molecular formula is C27H35N3O2. The molecule has 0 saturated carbocycles. The summed E-state index contributed by atoms with van der Waals surface area (Å²) in [4.78, 5) is 19.3. The van der Waals surface area contributed by atoms with Gasteiger partial charge in [0, 0.05) is 51.4 Å². The van der Waals surface area contributed by atoms with Gasteiger partial charge in [-0.15, -0.1) is 6.58 Å². The molecule has 1 amide bonds. The van der Waals surface area contributed by atoms with Crippen molar-refractivity contribution in [2.75, 3.05) is 40.8 Å². The Morgan fingerprint density at radius 2 is 1.81 bits per heavy atom. The molecule has 2 heterocycles. The molecule has 0 spiro atoms. The number of ether oxygens (including phenoxy) is 1. The standard InChI is InChI=1S/C27H35N3O2/c1-5-16-30-23-9-7-10-24(30)19-29(18-23)26(22-8-6-11-25(17-22)32-4)20-12-14-21(15-13-20)27(31)28(2)3/h5-6,8,11-15,17,23-24,26H,1,7,9-10,16,18-19H2,2-4H3. The van der Waals surface area contributed by atoms with Gasteiger partial charge in [0.2, 0.25) is 0 Å². The number of carbonyl (C=O) groups is 1. The summed E-state index contributed by atoms with van der Waals surface area (Å²) in [6, 6.07) is 17.8. The molecule has 170 valence electrons. The molecule has 32 heavy (non-hydrogen) atoms. The van der Waals surface area contributed by atoms with E-state index in [1.165, 1.54) is 30.4 Å². The van der Waals surface area contributed by atoms with Crippen LogP contribution in [0.25, 0.3) is 0 Å². The van der Waals surface area contributed by atoms with Crippen LogP contribution < -0.4 is 4.74 Å². The molecule has 5 nitrogen and oxygen atoms in total. The second kappa shape index (κ2) is 9.88. The number of methoxy groups -OCH3 is 1. The lowest BCUT2D eigenvalue weighted by Crippen LogP contribution is -2.61. The quantitative estimate of drug-likeness (QED) is 0.613. The van der Waals surface area contributed by atoms with E-state index in [1.54, 1.807) is 26.1 Å². The molecule has 2 aliphatic rings. The van der Waals surface area contributed by atoms with Gasteiger partial charge >= 0.3 is 0 Å². The highest BCUT2D eigenvalue weighted by atomic mass is 16.5. The van der Waals surface area contributed by atoms with Gasteiger partial charge in [0.15, 0.2) is 0 Å². The lowest BCUT2D eigenvalue weighted by Gasteiger charge is -2.52. The number of rotatable bonds is 7. The Morgan fingerprint density at radius 1 is 1.12 bits per heavy atom. The fraction of sp³-hybridized carbons (Fsp3) is 0.444. The van der Waals surface area contributed by atoms with Crippen LogP contribution >= 0.6 is 0 Å². The second-order valence-electron chi connectivity index (χ2n) is 9.18. The van der Waals surface area contributed by atoms with Crippen LogP contribution in [0.2, 0.25) is 0 Å². The zero-order valence-electron chi connectivity index (χ0n) is 19.5. The average Bonchev–Trinajstić information content (AvgIpc) is 2.80. The van der Waals surface area contributed by atoms with Crippen LogP contribution in [-0.4, -0.2) is 73.5 Å². The van der Waals surface area contributed by atoms with Gasteiger partial charge in [-0.1, -0.05) is 36.8 Å². The summed E-state index contributed by atoms with van der Waals surface area (Å²) in [5, 5.41) is 0. The van der Waals surface area contributed by atoms with Crippen molar-refractivity contribution in [1.29, 1.82) is 0 Å². The number of piperazine rings is 1. The maximum absolute atomic E-state index is 12.4. The van der Waals surface area contributed by atoms with Gasteiger partial charge in [-0.3, -0.25) is 14.6 Å². The Morgan fingerprint density at radius 3 is 2.41 bits per heavy atom. The maximum Gasteiger partial charge on any atom is 0.253 e. The summed E-state index contributed by atoms with van der Waals surface area (Å²) in [5.41, 5.74) is 3.16. The number of piperidine rings is 1. The number of hydrogen-bond donors (Lipinski definition) is 0. The fourth-order valence-electron chi connectivity index (χ4n) is 5.38. The molecule has 0 N–H and O–H groups in total. The average molecular weight is 434 g/mol. The van der Waals surface area contributed by atoms with E-state index in [1.807, 2.05) is 24.3 Å². The third-order valence-electron chi connectivity index (χ3n) is 6.90. The van der Waals surface area contributed by atoms with Crippen LogP contribution in [0.15, 0.2) is 61.2 Å². The highest BCUT2D eigenvalue weighted by molar-refractivity contribution is 5.93. The van der Waals surface area contributed by atoms with Crippen molar-refractivity contribution in [3.05, 3.63) is 77.9 Å². The Balaban J connectivity index is 1.69. The molecule has 2 fully saturated rings. The van der Waals surface area contributed by atoms with E-state index in [0.717, 1.165) is 30.9 Å². The van der Waals surface area contributed by atoms with Crippen molar-refractivity contribution >= 4 is 5.91 Å². The van der Waals surface area contributed by atoms with Gasteiger partial charge in [0.25, 0.3) is 5.91 Å². The van der Waals surface area contributed by atoms with Crippen LogP contribution in [0.1, 0.15) is 46.8 Å². The number of likely N-dealkylation sites (tertiary alicyclic amines) is 1. The number of hydrogen-bond acceptors (Lipinski definition) is 4. The molecule has 2 aromatic carbocycles. The first-order valence-corrected chi connectivity index (χ1v) is 11.6. The lowest BCUT2D eigenvalue weighted by atomic mass is 9.87. The highest BCUT2D eigenvalue weighted by Gasteiger charge is 2.39. The predicted molar refractivity (Wildman–Crippen MR) is 129 cm³/mol. The first kappa shape index (κ1) is 22.6. The third-order valence-corrected chi connectivity index (χ3v) is 6.90. The van der Waals surface area contributed by atoms with Gasteiger partial charge in [0.05, 0.1) is 13.2 Å². The van der Waals surface area contributed by atoms with E-state index in [2.05, 4.69) is 46.7 Å². The Labute approximate surface area is 192 Å². The summed E-state index contributed by atoms with van der Waals surface area (Å²) in [6.07, 6.45) is 5.83. The zero-order chi connectivity index (χ0) is 22.7. The van der Waals surface area contributed by atoms with Gasteiger partial charge < -0.3 is 9.64 Å². The molecule has 0 radical (unpaired) electrons. The van der Waals surface area contributed by atoms with Crippen molar-refractivity contribution in [1.82, 2.24) is 14.7 Å². The zero-order valence-corrected chi connectivity index (χ0v) is 19.5. The van der Waals surface area contributed by atoms with Gasteiger partial charge in [-0.2, -0.15) is 0 Å². The van der Waals surface area contributed by atoms with Gasteiger partial charge in [-0.05, 0) is 48.2 Å². The SMILES string of the molecule is C=CCN1C2CCCC1CN(C(c1ccc(C(=O)N(C)C)cc1)c1cccc(OC)c1)C2. The molecule has 5 heteroatoms. The molecule has 2 bridgehead atoms. The number of carbonyl (C=O) groups excluding carboxylic acids is 1. The van der Waals surface area contributed by atoms with Crippen molar-refractivity contribution < 1.29 is 9.53 Å². The van der Waals surface area contributed by atoms with Crippen LogP contribution in [0.5, 0.6) is 5.75 Å². The Kier molecular flexibility index (Phi) is 6.97. The molecule has 3 atom stereocenters. The van der Waals surface area contributed by atoms with Crippen molar-refractivity contribution in [2.24, 2.45) is 0 Å². The topological polar surface area (TPSA) is 36.0 Å². The molecule has 0 aromatic heterocycles. The van der Waals surface area contributed by atoms with E-state index in [4.69, 9.17) is 4.74 Å². The highest BCUT2D eigenvalue weighted by Crippen LogP contribution is 2.37. The Bertz CT molecular complexity index is 926. The largest absolute Gasteiger partial charge is 0.497 e. The maximum atomic E-state index is 12.4. The summed E-state index contributed by atoms with van der Waals surface area (Å²) in [6.45, 7) is 7.02. The first-order chi connectivity index (χ1) is 15.5. The monoisotopic (exact) mass is 433 g/mol. The molecule has 3 unspecified atom stereocenters. The van der Waals surface area contributed by atoms with Gasteiger partial charge in [0.1, 0.15) is 5.75 Å². The van der Waals surface area contributed by atoms with Gasteiger partial charge in [-0.25, -0.2) is 0 Å². The molecular weight excluding hydrogens is 398 g/mol. The number of amides is 1. The number of fused-ring (bicyclic) bond motifs is 2. The van der Waals surface area contributed by atoms with E-state index in [-0.39, 0.29) is 11.9 Å². The number of nitrogens with zero attached hydrogens (tertiary/aromatic N) is 3. The van der Waals surface area contributed by atoms with Crippen molar-refractivity contribution in [3.8, 4) is 5.75 Å². The molecule has 2 aromatic rings. The van der Waals surface area contributed by atoms with Crippen LogP contribution in [-0.2, 0) is 0 Å². The third kappa shape index (κ3) is 4.59. The van der Waals surface area contributed by atoms with E-state index in [9.17, 15) is 4.79 Å². The summed E-state index contributed by atoms with van der Waals surface area (Å²) in [7, 11) is 5.29. The summed E-state index contributed by atoms with van der Waals surface area (Å²) >= 11 is 0. The molecule has 2 aliphatic heterocycles. The van der Waals surface area contributed by atoms with Crippen molar-refractivity contribution in [2.45, 2.75) is 37.4 Å². The van der Waals surface area contributed by atoms with Crippen LogP contribution in [0, 0.1) is 0 Å². The van der Waals surface area contributed by atoms with E-state index < -0.39 is 0 Å². The predicted octanol–water partition coefficient (Wildman–Crippen LogP) is 4.21. The first-order valence-electron chi connectivity index (χ1n) is 11.6. The normalized spacial score (nSPS) is 22.2. The molecule has 2 saturated heterocycles. The minimum absolute atomic E-state index is 0.0297.